The first-order valence-corrected chi connectivity index (χ1v) is 7.11. The normalized spacial score (nSPS) is 12.8. The Morgan fingerprint density at radius 3 is 2.45 bits per heavy atom. The maximum Gasteiger partial charge on any atom is 0.339 e. The number of methoxy groups -OCH3 is 1. The highest BCUT2D eigenvalue weighted by Crippen LogP contribution is 2.18. The Morgan fingerprint density at radius 2 is 1.95 bits per heavy atom. The number of esters is 1. The van der Waals surface area contributed by atoms with Crippen molar-refractivity contribution in [2.24, 2.45) is 0 Å². The molecule has 1 aromatic rings. The molecule has 7 nitrogen and oxygen atoms in total. The third kappa shape index (κ3) is 3.55. The minimum atomic E-state index is -4.14. The molecule has 110 valence electrons. The van der Waals surface area contributed by atoms with Gasteiger partial charge in [0, 0.05) is 0 Å². The summed E-state index contributed by atoms with van der Waals surface area (Å²) in [7, 11) is -3.01. The van der Waals surface area contributed by atoms with E-state index in [0.717, 1.165) is 7.11 Å². The van der Waals surface area contributed by atoms with Crippen molar-refractivity contribution in [1.82, 2.24) is 4.72 Å². The number of rotatable bonds is 5. The Morgan fingerprint density at radius 1 is 1.35 bits per heavy atom. The molecule has 0 aromatic heterocycles. The van der Waals surface area contributed by atoms with E-state index in [1.807, 2.05) is 4.72 Å². The number of carbonyl (C=O) groups is 2. The van der Waals surface area contributed by atoms with E-state index in [1.54, 1.807) is 6.92 Å². The van der Waals surface area contributed by atoms with Gasteiger partial charge in [-0.2, -0.15) is 4.72 Å². The Labute approximate surface area is 116 Å². The Balaban J connectivity index is 3.31. The van der Waals surface area contributed by atoms with Crippen LogP contribution in [0.2, 0.25) is 0 Å². The number of aliphatic carboxylic acids is 1. The summed E-state index contributed by atoms with van der Waals surface area (Å²) in [6.45, 7) is 2.88. The molecule has 0 aliphatic carbocycles. The molecule has 0 aliphatic rings. The maximum atomic E-state index is 12.1. The third-order valence-electron chi connectivity index (χ3n) is 2.53. The lowest BCUT2D eigenvalue weighted by Gasteiger charge is -2.13. The number of hydrogen-bond acceptors (Lipinski definition) is 5. The molecular weight excluding hydrogens is 286 g/mol. The second kappa shape index (κ2) is 6.02. The Kier molecular flexibility index (Phi) is 4.85. The molecule has 0 amide bonds. The zero-order valence-corrected chi connectivity index (χ0v) is 12.0. The number of ether oxygens (including phenoxy) is 1. The number of nitrogens with one attached hydrogen (secondary N) is 1. The molecule has 1 atom stereocenters. The molecule has 0 radical (unpaired) electrons. The van der Waals surface area contributed by atoms with Gasteiger partial charge < -0.3 is 9.84 Å². The van der Waals surface area contributed by atoms with Crippen molar-refractivity contribution in [1.29, 1.82) is 0 Å². The summed E-state index contributed by atoms with van der Waals surface area (Å²) < 4.78 is 30.7. The van der Waals surface area contributed by atoms with Crippen LogP contribution in [0, 0.1) is 6.92 Å². The van der Waals surface area contributed by atoms with Crippen LogP contribution in [0.4, 0.5) is 0 Å². The second-order valence-electron chi connectivity index (χ2n) is 4.17. The molecule has 0 saturated carbocycles. The van der Waals surface area contributed by atoms with Gasteiger partial charge in [-0.3, -0.25) is 4.79 Å². The minimum Gasteiger partial charge on any atom is -0.480 e. The predicted octanol–water partition coefficient (Wildman–Crippen LogP) is 0.533. The van der Waals surface area contributed by atoms with E-state index in [2.05, 4.69) is 4.74 Å². The van der Waals surface area contributed by atoms with Gasteiger partial charge in [0.2, 0.25) is 10.0 Å². The fraction of sp³-hybridized carbons (Fsp3) is 0.333. The standard InChI is InChI=1S/C12H15NO6S/c1-7-4-5-10(9(6-7)12(16)19-3)20(17,18)13-8(2)11(14)15/h4-6,8,13H,1-3H3,(H,14,15)/t8-/m0/s1. The quantitative estimate of drug-likeness (QED) is 0.768. The number of sulfonamides is 1. The molecule has 20 heavy (non-hydrogen) atoms. The van der Waals surface area contributed by atoms with Crippen LogP contribution in [0.25, 0.3) is 0 Å². The first-order valence-electron chi connectivity index (χ1n) is 5.63. The number of carbonyl (C=O) groups excluding carboxylic acids is 1. The fourth-order valence-corrected chi connectivity index (χ4v) is 2.87. The van der Waals surface area contributed by atoms with Gasteiger partial charge in [0.25, 0.3) is 0 Å². The van der Waals surface area contributed by atoms with Crippen LogP contribution in [0.5, 0.6) is 0 Å². The van der Waals surface area contributed by atoms with Gasteiger partial charge in [-0.25, -0.2) is 13.2 Å². The summed E-state index contributed by atoms with van der Waals surface area (Å²) in [5.74, 6) is -2.13. The lowest BCUT2D eigenvalue weighted by Crippen LogP contribution is -2.38. The van der Waals surface area contributed by atoms with E-state index in [0.29, 0.717) is 5.56 Å². The van der Waals surface area contributed by atoms with Crippen LogP contribution in [0.1, 0.15) is 22.8 Å². The van der Waals surface area contributed by atoms with E-state index >= 15 is 0 Å². The highest BCUT2D eigenvalue weighted by molar-refractivity contribution is 7.89. The summed E-state index contributed by atoms with van der Waals surface area (Å²) in [5, 5.41) is 8.74. The smallest absolute Gasteiger partial charge is 0.339 e. The van der Waals surface area contributed by atoms with Crippen molar-refractivity contribution >= 4 is 22.0 Å². The van der Waals surface area contributed by atoms with Crippen molar-refractivity contribution in [3.63, 3.8) is 0 Å². The van der Waals surface area contributed by atoms with Gasteiger partial charge in [0.05, 0.1) is 17.6 Å². The van der Waals surface area contributed by atoms with Gasteiger partial charge in [-0.1, -0.05) is 11.6 Å². The SMILES string of the molecule is COC(=O)c1cc(C)ccc1S(=O)(=O)N[C@@H](C)C(=O)O. The van der Waals surface area contributed by atoms with Crippen LogP contribution in [-0.4, -0.2) is 38.6 Å². The van der Waals surface area contributed by atoms with Crippen LogP contribution in [0.15, 0.2) is 23.1 Å². The number of carboxylic acid groups (broad SMARTS) is 1. The summed E-state index contributed by atoms with van der Waals surface area (Å²) >= 11 is 0. The number of hydrogen-bond donors (Lipinski definition) is 2. The number of benzene rings is 1. The molecule has 0 aliphatic heterocycles. The predicted molar refractivity (Wildman–Crippen MR) is 69.9 cm³/mol. The first kappa shape index (κ1) is 16.1. The second-order valence-corrected chi connectivity index (χ2v) is 5.85. The molecule has 1 rings (SSSR count). The van der Waals surface area contributed by atoms with Gasteiger partial charge in [-0.15, -0.1) is 0 Å². The zero-order chi connectivity index (χ0) is 15.5. The molecule has 0 spiro atoms. The fourth-order valence-electron chi connectivity index (χ4n) is 1.49. The molecule has 8 heteroatoms. The van der Waals surface area contributed by atoms with Crippen molar-refractivity contribution in [3.8, 4) is 0 Å². The lowest BCUT2D eigenvalue weighted by atomic mass is 10.1. The van der Waals surface area contributed by atoms with Crippen LogP contribution in [0.3, 0.4) is 0 Å². The monoisotopic (exact) mass is 301 g/mol. The molecule has 0 unspecified atom stereocenters. The molecule has 0 heterocycles. The summed E-state index contributed by atoms with van der Waals surface area (Å²) in [6.07, 6.45) is 0. The van der Waals surface area contributed by atoms with Crippen molar-refractivity contribution in [3.05, 3.63) is 29.3 Å². The Hall–Kier alpha value is -1.93. The first-order chi connectivity index (χ1) is 9.19. The van der Waals surface area contributed by atoms with Gasteiger partial charge >= 0.3 is 11.9 Å². The number of carboxylic acids is 1. The third-order valence-corrected chi connectivity index (χ3v) is 4.13. The maximum absolute atomic E-state index is 12.1. The number of aryl methyl sites for hydroxylation is 1. The molecule has 2 N–H and O–H groups in total. The summed E-state index contributed by atoms with van der Waals surface area (Å²) in [6, 6.07) is 2.79. The van der Waals surface area contributed by atoms with E-state index in [4.69, 9.17) is 5.11 Å². The van der Waals surface area contributed by atoms with Gasteiger partial charge in [-0.05, 0) is 26.0 Å². The average molecular weight is 301 g/mol. The average Bonchev–Trinajstić information content (AvgIpc) is 2.36. The molecule has 0 fully saturated rings. The van der Waals surface area contributed by atoms with Crippen molar-refractivity contribution in [2.45, 2.75) is 24.8 Å². The van der Waals surface area contributed by atoms with Crippen LogP contribution >= 0.6 is 0 Å². The summed E-state index contributed by atoms with van der Waals surface area (Å²) in [4.78, 5) is 22.0. The molecule has 0 bridgehead atoms. The highest BCUT2D eigenvalue weighted by atomic mass is 32.2. The van der Waals surface area contributed by atoms with Crippen molar-refractivity contribution < 1.29 is 27.9 Å². The van der Waals surface area contributed by atoms with Gasteiger partial charge in [0.15, 0.2) is 0 Å². The minimum absolute atomic E-state index is 0.141. The molecule has 0 saturated heterocycles. The highest BCUT2D eigenvalue weighted by Gasteiger charge is 2.26. The van der Waals surface area contributed by atoms with Crippen LogP contribution in [-0.2, 0) is 19.6 Å². The topological polar surface area (TPSA) is 110 Å². The van der Waals surface area contributed by atoms with Gasteiger partial charge in [0.1, 0.15) is 6.04 Å². The van der Waals surface area contributed by atoms with E-state index in [-0.39, 0.29) is 10.5 Å². The van der Waals surface area contributed by atoms with E-state index in [1.165, 1.54) is 25.1 Å². The molecular formula is C12H15NO6S. The zero-order valence-electron chi connectivity index (χ0n) is 11.2. The molecule has 1 aromatic carbocycles. The Bertz CT molecular complexity index is 637. The largest absolute Gasteiger partial charge is 0.480 e. The van der Waals surface area contributed by atoms with Crippen molar-refractivity contribution in [2.75, 3.05) is 7.11 Å². The van der Waals surface area contributed by atoms with E-state index < -0.39 is 28.0 Å². The van der Waals surface area contributed by atoms with E-state index in [9.17, 15) is 18.0 Å². The lowest BCUT2D eigenvalue weighted by molar-refractivity contribution is -0.138. The summed E-state index contributed by atoms with van der Waals surface area (Å²) in [5.41, 5.74) is 0.535. The van der Waals surface area contributed by atoms with Crippen LogP contribution < -0.4 is 4.72 Å².